The Kier molecular flexibility index (Phi) is 4.23. The third-order valence-electron chi connectivity index (χ3n) is 3.69. The van der Waals surface area contributed by atoms with Crippen LogP contribution in [0.1, 0.15) is 51.1 Å². The Hall–Kier alpha value is -1.09. The van der Waals surface area contributed by atoms with Gasteiger partial charge in [0.25, 0.3) is 5.56 Å². The monoisotopic (exact) mass is 249 g/mol. The predicted octanol–water partition coefficient (Wildman–Crippen LogP) is 2.52. The first-order valence-corrected chi connectivity index (χ1v) is 6.96. The van der Waals surface area contributed by atoms with Crippen molar-refractivity contribution in [3.8, 4) is 0 Å². The van der Waals surface area contributed by atoms with Gasteiger partial charge in [0.15, 0.2) is 0 Å². The first-order chi connectivity index (χ1) is 8.58. The maximum absolute atomic E-state index is 12.4. The molecule has 1 aliphatic rings. The number of hydrogen-bond acceptors (Lipinski definition) is 2. The Morgan fingerprint density at radius 3 is 2.89 bits per heavy atom. The molecule has 0 aliphatic heterocycles. The molecular formula is C15H23NO2. The highest BCUT2D eigenvalue weighted by molar-refractivity contribution is 5.12. The topological polar surface area (TPSA) is 42.2 Å². The van der Waals surface area contributed by atoms with Crippen LogP contribution in [0.5, 0.6) is 0 Å². The van der Waals surface area contributed by atoms with Crippen LogP contribution in [0.15, 0.2) is 23.1 Å². The summed E-state index contributed by atoms with van der Waals surface area (Å²) in [6.07, 6.45) is 6.05. The Balaban J connectivity index is 2.25. The fourth-order valence-corrected chi connectivity index (χ4v) is 2.83. The van der Waals surface area contributed by atoms with Crippen LogP contribution < -0.4 is 5.56 Å². The molecule has 100 valence electrons. The Morgan fingerprint density at radius 2 is 2.22 bits per heavy atom. The Labute approximate surface area is 108 Å². The lowest BCUT2D eigenvalue weighted by molar-refractivity contribution is 0.103. The molecule has 0 spiro atoms. The molecule has 1 heterocycles. The van der Waals surface area contributed by atoms with E-state index in [-0.39, 0.29) is 17.7 Å². The zero-order valence-corrected chi connectivity index (χ0v) is 11.3. The number of hydrogen-bond donors (Lipinski definition) is 1. The minimum Gasteiger partial charge on any atom is -0.393 e. The number of aromatic nitrogens is 1. The van der Waals surface area contributed by atoms with Crippen molar-refractivity contribution in [3.63, 3.8) is 0 Å². The summed E-state index contributed by atoms with van der Waals surface area (Å²) in [5.41, 5.74) is 1.03. The van der Waals surface area contributed by atoms with Gasteiger partial charge in [-0.25, -0.2) is 0 Å². The van der Waals surface area contributed by atoms with Crippen LogP contribution in [0.25, 0.3) is 0 Å². The molecule has 1 aromatic heterocycles. The molecule has 1 saturated carbocycles. The van der Waals surface area contributed by atoms with Gasteiger partial charge in [0.05, 0.1) is 6.10 Å². The van der Waals surface area contributed by atoms with Crippen molar-refractivity contribution in [2.24, 2.45) is 5.92 Å². The van der Waals surface area contributed by atoms with Crippen molar-refractivity contribution >= 4 is 0 Å². The summed E-state index contributed by atoms with van der Waals surface area (Å²) in [5, 5.41) is 9.73. The van der Waals surface area contributed by atoms with E-state index in [0.717, 1.165) is 31.2 Å². The van der Waals surface area contributed by atoms with E-state index in [1.54, 1.807) is 0 Å². The van der Waals surface area contributed by atoms with Gasteiger partial charge in [0, 0.05) is 17.8 Å². The third kappa shape index (κ3) is 3.02. The highest BCUT2D eigenvalue weighted by Crippen LogP contribution is 2.27. The summed E-state index contributed by atoms with van der Waals surface area (Å²) in [5.74, 6) is 0.491. The molecule has 18 heavy (non-hydrogen) atoms. The van der Waals surface area contributed by atoms with Gasteiger partial charge in [-0.05, 0) is 44.1 Å². The summed E-state index contributed by atoms with van der Waals surface area (Å²) in [6.45, 7) is 4.25. The number of aliphatic hydroxyl groups excluding tert-OH is 1. The van der Waals surface area contributed by atoms with Crippen molar-refractivity contribution in [1.29, 1.82) is 0 Å². The number of aliphatic hydroxyl groups is 1. The summed E-state index contributed by atoms with van der Waals surface area (Å²) < 4.78 is 1.83. The first kappa shape index (κ1) is 13.3. The zero-order valence-electron chi connectivity index (χ0n) is 11.3. The molecule has 0 unspecified atom stereocenters. The van der Waals surface area contributed by atoms with E-state index in [1.807, 2.05) is 22.9 Å². The molecule has 1 fully saturated rings. The summed E-state index contributed by atoms with van der Waals surface area (Å²) in [7, 11) is 0. The SMILES string of the molecule is CC(C)Cc1cccn([C@@H]2CCC[C@@H](O)C2)c1=O. The lowest BCUT2D eigenvalue weighted by Gasteiger charge is -2.27. The second kappa shape index (κ2) is 5.70. The van der Waals surface area contributed by atoms with Gasteiger partial charge in [-0.1, -0.05) is 19.9 Å². The Morgan fingerprint density at radius 1 is 1.44 bits per heavy atom. The average molecular weight is 249 g/mol. The van der Waals surface area contributed by atoms with Crippen LogP contribution in [0.4, 0.5) is 0 Å². The van der Waals surface area contributed by atoms with Crippen LogP contribution in [0.3, 0.4) is 0 Å². The van der Waals surface area contributed by atoms with Crippen LogP contribution in [0.2, 0.25) is 0 Å². The molecule has 2 atom stereocenters. The van der Waals surface area contributed by atoms with Crippen molar-refractivity contribution < 1.29 is 5.11 Å². The van der Waals surface area contributed by atoms with E-state index in [1.165, 1.54) is 0 Å². The van der Waals surface area contributed by atoms with Crippen molar-refractivity contribution in [3.05, 3.63) is 34.2 Å². The molecule has 1 aliphatic carbocycles. The lowest BCUT2D eigenvalue weighted by atomic mass is 9.92. The van der Waals surface area contributed by atoms with E-state index in [4.69, 9.17) is 0 Å². The largest absolute Gasteiger partial charge is 0.393 e. The van der Waals surface area contributed by atoms with E-state index in [9.17, 15) is 9.90 Å². The van der Waals surface area contributed by atoms with Gasteiger partial charge in [0.1, 0.15) is 0 Å². The average Bonchev–Trinajstić information content (AvgIpc) is 2.31. The van der Waals surface area contributed by atoms with Gasteiger partial charge < -0.3 is 9.67 Å². The van der Waals surface area contributed by atoms with Gasteiger partial charge in [-0.3, -0.25) is 4.79 Å². The second-order valence-corrected chi connectivity index (χ2v) is 5.82. The van der Waals surface area contributed by atoms with Crippen molar-refractivity contribution in [2.45, 2.75) is 58.1 Å². The molecule has 3 nitrogen and oxygen atoms in total. The summed E-state index contributed by atoms with van der Waals surface area (Å²) >= 11 is 0. The third-order valence-corrected chi connectivity index (χ3v) is 3.69. The van der Waals surface area contributed by atoms with E-state index >= 15 is 0 Å². The molecule has 3 heteroatoms. The number of rotatable bonds is 3. The fourth-order valence-electron chi connectivity index (χ4n) is 2.83. The molecular weight excluding hydrogens is 226 g/mol. The van der Waals surface area contributed by atoms with Crippen LogP contribution in [0, 0.1) is 5.92 Å². The van der Waals surface area contributed by atoms with Crippen LogP contribution in [-0.2, 0) is 6.42 Å². The van der Waals surface area contributed by atoms with Crippen molar-refractivity contribution in [1.82, 2.24) is 4.57 Å². The van der Waals surface area contributed by atoms with Crippen LogP contribution >= 0.6 is 0 Å². The minimum atomic E-state index is -0.246. The lowest BCUT2D eigenvalue weighted by Crippen LogP contribution is -2.31. The summed E-state index contributed by atoms with van der Waals surface area (Å²) in [6, 6.07) is 4.06. The van der Waals surface area contributed by atoms with E-state index < -0.39 is 0 Å². The maximum atomic E-state index is 12.4. The normalized spacial score (nSPS) is 24.4. The van der Waals surface area contributed by atoms with Crippen molar-refractivity contribution in [2.75, 3.05) is 0 Å². The quantitative estimate of drug-likeness (QED) is 0.894. The fraction of sp³-hybridized carbons (Fsp3) is 0.667. The van der Waals surface area contributed by atoms with Gasteiger partial charge in [-0.15, -0.1) is 0 Å². The van der Waals surface area contributed by atoms with E-state index in [2.05, 4.69) is 13.8 Å². The van der Waals surface area contributed by atoms with Gasteiger partial charge >= 0.3 is 0 Å². The first-order valence-electron chi connectivity index (χ1n) is 6.96. The molecule has 0 amide bonds. The smallest absolute Gasteiger partial charge is 0.253 e. The van der Waals surface area contributed by atoms with Gasteiger partial charge in [0.2, 0.25) is 0 Å². The Bertz CT molecular complexity index is 450. The van der Waals surface area contributed by atoms with Crippen LogP contribution in [-0.4, -0.2) is 15.8 Å². The molecule has 0 saturated heterocycles. The molecule has 0 aromatic carbocycles. The molecule has 1 N–H and O–H groups in total. The molecule has 0 bridgehead atoms. The maximum Gasteiger partial charge on any atom is 0.253 e. The molecule has 2 rings (SSSR count). The highest BCUT2D eigenvalue weighted by atomic mass is 16.3. The number of pyridine rings is 1. The summed E-state index contributed by atoms with van der Waals surface area (Å²) in [4.78, 5) is 12.4. The molecule has 1 aromatic rings. The standard InChI is InChI=1S/C15H23NO2/c1-11(2)9-12-5-4-8-16(15(12)18)13-6-3-7-14(17)10-13/h4-5,8,11,13-14,17H,3,6-7,9-10H2,1-2H3/t13-,14-/m1/s1. The second-order valence-electron chi connectivity index (χ2n) is 5.82. The molecule has 0 radical (unpaired) electrons. The predicted molar refractivity (Wildman–Crippen MR) is 72.8 cm³/mol. The zero-order chi connectivity index (χ0) is 13.1. The van der Waals surface area contributed by atoms with Gasteiger partial charge in [-0.2, -0.15) is 0 Å². The van der Waals surface area contributed by atoms with E-state index in [0.29, 0.717) is 12.3 Å². The minimum absolute atomic E-state index is 0.130. The number of nitrogens with zero attached hydrogens (tertiary/aromatic N) is 1. The highest BCUT2D eigenvalue weighted by Gasteiger charge is 2.22.